The number of halogens is 1. The number of rotatable bonds is 4. The molecule has 1 rings (SSSR count). The molecule has 0 aliphatic rings. The van der Waals surface area contributed by atoms with Crippen LogP contribution in [0.15, 0.2) is 24.3 Å². The smallest absolute Gasteiger partial charge is 0.128 e. The highest BCUT2D eigenvalue weighted by molar-refractivity contribution is 5.49. The van der Waals surface area contributed by atoms with Crippen molar-refractivity contribution in [1.82, 2.24) is 0 Å². The first-order valence-electron chi connectivity index (χ1n) is 4.54. The zero-order valence-electron chi connectivity index (χ0n) is 7.91. The van der Waals surface area contributed by atoms with Gasteiger partial charge in [0.05, 0.1) is 0 Å². The molecule has 0 saturated carbocycles. The maximum absolute atomic E-state index is 13.2. The van der Waals surface area contributed by atoms with Crippen LogP contribution in [0, 0.1) is 5.82 Å². The quantitative estimate of drug-likeness (QED) is 0.767. The molecule has 0 heterocycles. The van der Waals surface area contributed by atoms with Gasteiger partial charge in [0.15, 0.2) is 0 Å². The normalized spacial score (nSPS) is 11.1. The van der Waals surface area contributed by atoms with Crippen LogP contribution in [0.3, 0.4) is 0 Å². The topological polar surface area (TPSA) is 46.2 Å². The molecule has 0 aliphatic carbocycles. The van der Waals surface area contributed by atoms with Gasteiger partial charge >= 0.3 is 0 Å². The summed E-state index contributed by atoms with van der Waals surface area (Å²) in [5.74, 6) is -0.279. The zero-order chi connectivity index (χ0) is 10.4. The van der Waals surface area contributed by atoms with Crippen molar-refractivity contribution in [3.63, 3.8) is 0 Å². The fourth-order valence-electron chi connectivity index (χ4n) is 1.13. The molecule has 0 bridgehead atoms. The second-order valence-electron chi connectivity index (χ2n) is 2.97. The fourth-order valence-corrected chi connectivity index (χ4v) is 1.13. The SMILES string of the molecule is NCc1ccc(C=CCCO)cc1F. The number of nitrogens with two attached hydrogens (primary N) is 1. The highest BCUT2D eigenvalue weighted by Gasteiger charge is 1.99. The molecule has 0 amide bonds. The lowest BCUT2D eigenvalue weighted by molar-refractivity contribution is 0.303. The van der Waals surface area contributed by atoms with E-state index in [-0.39, 0.29) is 19.0 Å². The van der Waals surface area contributed by atoms with Crippen molar-refractivity contribution in [2.45, 2.75) is 13.0 Å². The van der Waals surface area contributed by atoms with Crippen LogP contribution in [0.1, 0.15) is 17.5 Å². The Morgan fingerprint density at radius 1 is 1.43 bits per heavy atom. The first-order valence-corrected chi connectivity index (χ1v) is 4.54. The van der Waals surface area contributed by atoms with Crippen molar-refractivity contribution in [2.75, 3.05) is 6.61 Å². The molecule has 14 heavy (non-hydrogen) atoms. The molecule has 0 unspecified atom stereocenters. The van der Waals surface area contributed by atoms with Gasteiger partial charge in [-0.1, -0.05) is 24.3 Å². The summed E-state index contributed by atoms with van der Waals surface area (Å²) in [5.41, 5.74) is 6.63. The largest absolute Gasteiger partial charge is 0.396 e. The van der Waals surface area contributed by atoms with Crippen molar-refractivity contribution < 1.29 is 9.50 Å². The highest BCUT2D eigenvalue weighted by atomic mass is 19.1. The standard InChI is InChI=1S/C11H14FNO/c12-11-7-9(3-1-2-6-14)4-5-10(11)8-13/h1,3-5,7,14H,2,6,8,13H2. The number of hydrogen-bond donors (Lipinski definition) is 2. The van der Waals surface area contributed by atoms with Crippen LogP contribution >= 0.6 is 0 Å². The van der Waals surface area contributed by atoms with Crippen molar-refractivity contribution in [3.8, 4) is 0 Å². The Kier molecular flexibility index (Phi) is 4.29. The minimum absolute atomic E-state index is 0.111. The first kappa shape index (κ1) is 10.9. The van der Waals surface area contributed by atoms with E-state index in [1.54, 1.807) is 24.3 Å². The van der Waals surface area contributed by atoms with E-state index in [2.05, 4.69) is 0 Å². The van der Waals surface area contributed by atoms with Crippen LogP contribution in [0.25, 0.3) is 6.08 Å². The van der Waals surface area contributed by atoms with Crippen LogP contribution in [0.4, 0.5) is 4.39 Å². The van der Waals surface area contributed by atoms with E-state index < -0.39 is 0 Å². The molecule has 0 spiro atoms. The molecule has 0 atom stereocenters. The van der Waals surface area contributed by atoms with E-state index in [0.717, 1.165) is 5.56 Å². The number of aliphatic hydroxyl groups is 1. The Morgan fingerprint density at radius 2 is 2.21 bits per heavy atom. The summed E-state index contributed by atoms with van der Waals surface area (Å²) in [6.07, 6.45) is 4.16. The van der Waals surface area contributed by atoms with Crippen LogP contribution < -0.4 is 5.73 Å². The summed E-state index contributed by atoms with van der Waals surface area (Å²) >= 11 is 0. The third-order valence-electron chi connectivity index (χ3n) is 1.90. The van der Waals surface area contributed by atoms with Crippen molar-refractivity contribution in [2.24, 2.45) is 5.73 Å². The predicted molar refractivity (Wildman–Crippen MR) is 55.0 cm³/mol. The Hall–Kier alpha value is -1.19. The summed E-state index contributed by atoms with van der Waals surface area (Å²) in [6.45, 7) is 0.326. The van der Waals surface area contributed by atoms with Gasteiger partial charge in [0.1, 0.15) is 5.82 Å². The Labute approximate surface area is 82.9 Å². The van der Waals surface area contributed by atoms with E-state index in [1.807, 2.05) is 0 Å². The lowest BCUT2D eigenvalue weighted by Gasteiger charge is -2.00. The predicted octanol–water partition coefficient (Wildman–Crippen LogP) is 1.68. The van der Waals surface area contributed by atoms with Gasteiger partial charge in [0.2, 0.25) is 0 Å². The maximum atomic E-state index is 13.2. The van der Waals surface area contributed by atoms with E-state index in [0.29, 0.717) is 12.0 Å². The molecule has 0 aliphatic heterocycles. The van der Waals surface area contributed by atoms with Gasteiger partial charge in [-0.3, -0.25) is 0 Å². The van der Waals surface area contributed by atoms with Crippen LogP contribution in [-0.4, -0.2) is 11.7 Å². The molecule has 0 radical (unpaired) electrons. The molecule has 0 fully saturated rings. The molecule has 1 aromatic rings. The third kappa shape index (κ3) is 2.94. The summed E-state index contributed by atoms with van der Waals surface area (Å²) in [6, 6.07) is 4.92. The Bertz CT molecular complexity index is 323. The molecular weight excluding hydrogens is 181 g/mol. The number of benzene rings is 1. The minimum atomic E-state index is -0.279. The van der Waals surface area contributed by atoms with Gasteiger partial charge in [-0.25, -0.2) is 4.39 Å². The zero-order valence-corrected chi connectivity index (χ0v) is 7.91. The van der Waals surface area contributed by atoms with E-state index >= 15 is 0 Å². The van der Waals surface area contributed by atoms with E-state index in [9.17, 15) is 4.39 Å². The lowest BCUT2D eigenvalue weighted by Crippen LogP contribution is -1.99. The van der Waals surface area contributed by atoms with E-state index in [4.69, 9.17) is 10.8 Å². The number of aliphatic hydroxyl groups excluding tert-OH is 1. The summed E-state index contributed by atoms with van der Waals surface area (Å²) in [7, 11) is 0. The van der Waals surface area contributed by atoms with Crippen molar-refractivity contribution in [1.29, 1.82) is 0 Å². The molecule has 0 aromatic heterocycles. The maximum Gasteiger partial charge on any atom is 0.128 e. The van der Waals surface area contributed by atoms with Crippen molar-refractivity contribution >= 4 is 6.08 Å². The van der Waals surface area contributed by atoms with Crippen LogP contribution in [-0.2, 0) is 6.54 Å². The molecule has 3 heteroatoms. The summed E-state index contributed by atoms with van der Waals surface area (Å²) in [4.78, 5) is 0. The number of hydrogen-bond acceptors (Lipinski definition) is 2. The fraction of sp³-hybridized carbons (Fsp3) is 0.273. The molecule has 0 saturated heterocycles. The minimum Gasteiger partial charge on any atom is -0.396 e. The second-order valence-corrected chi connectivity index (χ2v) is 2.97. The average Bonchev–Trinajstić information content (AvgIpc) is 2.18. The molecule has 2 nitrogen and oxygen atoms in total. The monoisotopic (exact) mass is 195 g/mol. The molecule has 76 valence electrons. The molecule has 3 N–H and O–H groups in total. The van der Waals surface area contributed by atoms with Gasteiger partial charge < -0.3 is 10.8 Å². The Morgan fingerprint density at radius 3 is 2.79 bits per heavy atom. The van der Waals surface area contributed by atoms with Gasteiger partial charge in [0.25, 0.3) is 0 Å². The third-order valence-corrected chi connectivity index (χ3v) is 1.90. The average molecular weight is 195 g/mol. The van der Waals surface area contributed by atoms with Crippen molar-refractivity contribution in [3.05, 3.63) is 41.2 Å². The summed E-state index contributed by atoms with van der Waals surface area (Å²) in [5, 5.41) is 8.54. The van der Waals surface area contributed by atoms with E-state index in [1.165, 1.54) is 6.07 Å². The van der Waals surface area contributed by atoms with Gasteiger partial charge in [-0.05, 0) is 18.1 Å². The first-order chi connectivity index (χ1) is 6.77. The van der Waals surface area contributed by atoms with Crippen LogP contribution in [0.5, 0.6) is 0 Å². The second kappa shape index (κ2) is 5.52. The summed E-state index contributed by atoms with van der Waals surface area (Å²) < 4.78 is 13.2. The molecule has 1 aromatic carbocycles. The van der Waals surface area contributed by atoms with Gasteiger partial charge in [-0.15, -0.1) is 0 Å². The highest BCUT2D eigenvalue weighted by Crippen LogP contribution is 2.11. The van der Waals surface area contributed by atoms with Crippen LogP contribution in [0.2, 0.25) is 0 Å². The lowest BCUT2D eigenvalue weighted by atomic mass is 10.1. The molecular formula is C11H14FNO. The van der Waals surface area contributed by atoms with Gasteiger partial charge in [-0.2, -0.15) is 0 Å². The Balaban J connectivity index is 2.76. The van der Waals surface area contributed by atoms with Gasteiger partial charge in [0, 0.05) is 18.7 Å².